The lowest BCUT2D eigenvalue weighted by atomic mass is 10.1. The van der Waals surface area contributed by atoms with Crippen LogP contribution in [-0.2, 0) is 9.47 Å². The summed E-state index contributed by atoms with van der Waals surface area (Å²) in [5, 5.41) is 0. The fraction of sp³-hybridized carbons (Fsp3) is 1.00. The van der Waals surface area contributed by atoms with Gasteiger partial charge in [0.2, 0.25) is 0 Å². The zero-order chi connectivity index (χ0) is 8.10. The average molecular weight is 158 g/mol. The number of ether oxygens (including phenoxy) is 2. The third kappa shape index (κ3) is 3.21. The van der Waals surface area contributed by atoms with Gasteiger partial charge in [-0.3, -0.25) is 0 Å². The smallest absolute Gasteiger partial charge is 0.154 e. The standard InChI is InChI=1S/C9H18O2/c1-8(10-2)11-7-9-5-3-4-6-9/h8-9H,3-7H2,1-2H3/t8-/m0/s1. The van der Waals surface area contributed by atoms with Crippen molar-refractivity contribution in [3.8, 4) is 0 Å². The van der Waals surface area contributed by atoms with E-state index >= 15 is 0 Å². The van der Waals surface area contributed by atoms with E-state index in [9.17, 15) is 0 Å². The van der Waals surface area contributed by atoms with Gasteiger partial charge in [-0.2, -0.15) is 0 Å². The van der Waals surface area contributed by atoms with Gasteiger partial charge in [-0.05, 0) is 25.7 Å². The fourth-order valence-electron chi connectivity index (χ4n) is 1.52. The van der Waals surface area contributed by atoms with E-state index in [1.165, 1.54) is 25.7 Å². The zero-order valence-corrected chi connectivity index (χ0v) is 7.51. The molecule has 0 aromatic heterocycles. The largest absolute Gasteiger partial charge is 0.356 e. The van der Waals surface area contributed by atoms with Crippen LogP contribution in [0.4, 0.5) is 0 Å². The zero-order valence-electron chi connectivity index (χ0n) is 7.51. The van der Waals surface area contributed by atoms with Crippen molar-refractivity contribution in [1.82, 2.24) is 0 Å². The van der Waals surface area contributed by atoms with Gasteiger partial charge in [0.15, 0.2) is 6.29 Å². The third-order valence-corrected chi connectivity index (χ3v) is 2.37. The number of hydrogen-bond donors (Lipinski definition) is 0. The molecule has 11 heavy (non-hydrogen) atoms. The summed E-state index contributed by atoms with van der Waals surface area (Å²) in [6.07, 6.45) is 5.42. The summed E-state index contributed by atoms with van der Waals surface area (Å²) in [4.78, 5) is 0. The molecule has 1 saturated carbocycles. The number of methoxy groups -OCH3 is 1. The lowest BCUT2D eigenvalue weighted by molar-refractivity contribution is -0.119. The normalized spacial score (nSPS) is 22.4. The van der Waals surface area contributed by atoms with Crippen molar-refractivity contribution in [3.05, 3.63) is 0 Å². The van der Waals surface area contributed by atoms with Gasteiger partial charge in [-0.15, -0.1) is 0 Å². The Morgan fingerprint density at radius 3 is 2.55 bits per heavy atom. The SMILES string of the molecule is CO[C@H](C)OCC1CCCC1. The molecule has 0 saturated heterocycles. The van der Waals surface area contributed by atoms with Crippen LogP contribution in [0, 0.1) is 5.92 Å². The maximum absolute atomic E-state index is 5.45. The highest BCUT2D eigenvalue weighted by molar-refractivity contribution is 4.66. The minimum atomic E-state index is -0.0319. The molecule has 1 rings (SSSR count). The van der Waals surface area contributed by atoms with Crippen LogP contribution >= 0.6 is 0 Å². The Morgan fingerprint density at radius 1 is 1.36 bits per heavy atom. The predicted molar refractivity (Wildman–Crippen MR) is 44.4 cm³/mol. The molecule has 1 fully saturated rings. The molecule has 0 amide bonds. The van der Waals surface area contributed by atoms with Gasteiger partial charge in [0.25, 0.3) is 0 Å². The molecule has 0 heterocycles. The summed E-state index contributed by atoms with van der Waals surface area (Å²) in [6.45, 7) is 2.82. The van der Waals surface area contributed by atoms with Gasteiger partial charge in [0, 0.05) is 7.11 Å². The fourth-order valence-corrected chi connectivity index (χ4v) is 1.52. The van der Waals surface area contributed by atoms with E-state index < -0.39 is 0 Å². The predicted octanol–water partition coefficient (Wildman–Crippen LogP) is 2.19. The van der Waals surface area contributed by atoms with Crippen LogP contribution in [0.3, 0.4) is 0 Å². The summed E-state index contributed by atoms with van der Waals surface area (Å²) >= 11 is 0. The van der Waals surface area contributed by atoms with Gasteiger partial charge in [0.1, 0.15) is 0 Å². The van der Waals surface area contributed by atoms with Gasteiger partial charge in [-0.1, -0.05) is 12.8 Å². The maximum atomic E-state index is 5.45. The van der Waals surface area contributed by atoms with E-state index in [0.29, 0.717) is 0 Å². The van der Waals surface area contributed by atoms with Crippen LogP contribution in [0.25, 0.3) is 0 Å². The van der Waals surface area contributed by atoms with E-state index in [2.05, 4.69) is 0 Å². The highest BCUT2D eigenvalue weighted by Crippen LogP contribution is 2.24. The highest BCUT2D eigenvalue weighted by atomic mass is 16.7. The number of hydrogen-bond acceptors (Lipinski definition) is 2. The Labute approximate surface area is 68.9 Å². The van der Waals surface area contributed by atoms with Crippen molar-refractivity contribution in [2.24, 2.45) is 5.92 Å². The van der Waals surface area contributed by atoms with Crippen molar-refractivity contribution in [2.45, 2.75) is 38.9 Å². The van der Waals surface area contributed by atoms with Gasteiger partial charge < -0.3 is 9.47 Å². The molecule has 0 N–H and O–H groups in total. The Balaban J connectivity index is 2.01. The van der Waals surface area contributed by atoms with Crippen LogP contribution in [0.5, 0.6) is 0 Å². The second-order valence-corrected chi connectivity index (χ2v) is 3.29. The Hall–Kier alpha value is -0.0800. The lowest BCUT2D eigenvalue weighted by Gasteiger charge is -2.14. The van der Waals surface area contributed by atoms with Crippen LogP contribution in [0.2, 0.25) is 0 Å². The molecule has 0 aliphatic heterocycles. The molecule has 0 unspecified atom stereocenters. The average Bonchev–Trinajstić information content (AvgIpc) is 2.52. The molecule has 1 aliphatic carbocycles. The van der Waals surface area contributed by atoms with Gasteiger partial charge in [0.05, 0.1) is 6.61 Å². The molecular formula is C9H18O2. The van der Waals surface area contributed by atoms with Gasteiger partial charge >= 0.3 is 0 Å². The summed E-state index contributed by atoms with van der Waals surface area (Å²) in [5.41, 5.74) is 0. The van der Waals surface area contributed by atoms with E-state index in [1.54, 1.807) is 7.11 Å². The van der Waals surface area contributed by atoms with Crippen LogP contribution in [0.15, 0.2) is 0 Å². The monoisotopic (exact) mass is 158 g/mol. The molecule has 0 aromatic carbocycles. The molecule has 2 heteroatoms. The Kier molecular flexibility index (Phi) is 3.87. The minimum Gasteiger partial charge on any atom is -0.356 e. The molecule has 0 spiro atoms. The van der Waals surface area contributed by atoms with Crippen molar-refractivity contribution in [1.29, 1.82) is 0 Å². The summed E-state index contributed by atoms with van der Waals surface area (Å²) in [6, 6.07) is 0. The first-order valence-corrected chi connectivity index (χ1v) is 4.47. The topological polar surface area (TPSA) is 18.5 Å². The van der Waals surface area contributed by atoms with Crippen molar-refractivity contribution in [3.63, 3.8) is 0 Å². The summed E-state index contributed by atoms with van der Waals surface area (Å²) < 4.78 is 10.4. The molecule has 1 atom stereocenters. The molecule has 0 radical (unpaired) electrons. The van der Waals surface area contributed by atoms with Crippen molar-refractivity contribution >= 4 is 0 Å². The second-order valence-electron chi connectivity index (χ2n) is 3.29. The summed E-state index contributed by atoms with van der Waals surface area (Å²) in [5.74, 6) is 0.799. The molecule has 1 aliphatic rings. The minimum absolute atomic E-state index is 0.0319. The first-order valence-electron chi connectivity index (χ1n) is 4.47. The van der Waals surface area contributed by atoms with Crippen LogP contribution in [0.1, 0.15) is 32.6 Å². The van der Waals surface area contributed by atoms with Crippen molar-refractivity contribution in [2.75, 3.05) is 13.7 Å². The van der Waals surface area contributed by atoms with E-state index in [0.717, 1.165) is 12.5 Å². The number of rotatable bonds is 4. The molecular weight excluding hydrogens is 140 g/mol. The lowest BCUT2D eigenvalue weighted by Crippen LogP contribution is -2.15. The summed E-state index contributed by atoms with van der Waals surface area (Å²) in [7, 11) is 1.68. The molecule has 0 aromatic rings. The molecule has 0 bridgehead atoms. The molecule has 2 nitrogen and oxygen atoms in total. The van der Waals surface area contributed by atoms with Crippen molar-refractivity contribution < 1.29 is 9.47 Å². The van der Waals surface area contributed by atoms with E-state index in [-0.39, 0.29) is 6.29 Å². The van der Waals surface area contributed by atoms with E-state index in [4.69, 9.17) is 9.47 Å². The van der Waals surface area contributed by atoms with Crippen LogP contribution in [-0.4, -0.2) is 20.0 Å². The first kappa shape index (κ1) is 9.01. The van der Waals surface area contributed by atoms with E-state index in [1.807, 2.05) is 6.92 Å². The molecule has 66 valence electrons. The maximum Gasteiger partial charge on any atom is 0.154 e. The van der Waals surface area contributed by atoms with Gasteiger partial charge in [-0.25, -0.2) is 0 Å². The second kappa shape index (κ2) is 4.73. The van der Waals surface area contributed by atoms with Crippen LogP contribution < -0.4 is 0 Å². The first-order chi connectivity index (χ1) is 5.33. The third-order valence-electron chi connectivity index (χ3n) is 2.37. The highest BCUT2D eigenvalue weighted by Gasteiger charge is 2.15. The Morgan fingerprint density at radius 2 is 2.00 bits per heavy atom. The quantitative estimate of drug-likeness (QED) is 0.584. The Bertz CT molecular complexity index is 97.7.